The van der Waals surface area contributed by atoms with Crippen LogP contribution in [0.15, 0.2) is 11.4 Å². The number of hydrogen-bond donors (Lipinski definition) is 0. The molecule has 0 N–H and O–H groups in total. The van der Waals surface area contributed by atoms with Gasteiger partial charge in [-0.3, -0.25) is 9.69 Å². The van der Waals surface area contributed by atoms with Crippen molar-refractivity contribution in [3.63, 3.8) is 0 Å². The highest BCUT2D eigenvalue weighted by molar-refractivity contribution is 7.10. The van der Waals surface area contributed by atoms with Crippen LogP contribution in [-0.4, -0.2) is 22.8 Å². The molecule has 2 nitrogen and oxygen atoms in total. The largest absolute Gasteiger partial charge is 0.300 e. The molecule has 0 amide bonds. The summed E-state index contributed by atoms with van der Waals surface area (Å²) < 4.78 is 0. The van der Waals surface area contributed by atoms with E-state index in [-0.39, 0.29) is 0 Å². The third-order valence-corrected chi connectivity index (χ3v) is 5.98. The van der Waals surface area contributed by atoms with Gasteiger partial charge in [-0.25, -0.2) is 0 Å². The molecule has 3 heteroatoms. The highest BCUT2D eigenvalue weighted by atomic mass is 32.1. The van der Waals surface area contributed by atoms with Crippen molar-refractivity contribution in [3.8, 4) is 0 Å². The number of hydrogen-bond acceptors (Lipinski definition) is 3. The predicted octanol–water partition coefficient (Wildman–Crippen LogP) is 3.32. The van der Waals surface area contributed by atoms with E-state index in [9.17, 15) is 4.79 Å². The first-order chi connectivity index (χ1) is 8.83. The smallest absolute Gasteiger partial charge is 0.136 e. The summed E-state index contributed by atoms with van der Waals surface area (Å²) in [5.74, 6) is 0.500. The summed E-state index contributed by atoms with van der Waals surface area (Å²) in [4.78, 5) is 16.0. The maximum atomic E-state index is 11.7. The Hall–Kier alpha value is -0.670. The molecular weight excluding hydrogens is 242 g/mol. The molecule has 0 radical (unpaired) electrons. The second-order valence-corrected chi connectivity index (χ2v) is 6.99. The number of fused-ring (bicyclic) bond motifs is 3. The third kappa shape index (κ3) is 1.60. The lowest BCUT2D eigenvalue weighted by atomic mass is 9.89. The van der Waals surface area contributed by atoms with Crippen LogP contribution in [0.3, 0.4) is 0 Å². The van der Waals surface area contributed by atoms with Crippen LogP contribution in [0.5, 0.6) is 0 Å². The Morgan fingerprint density at radius 3 is 2.72 bits per heavy atom. The average molecular weight is 261 g/mol. The molecule has 2 aliphatic heterocycles. The minimum absolute atomic E-state index is 0.500. The van der Waals surface area contributed by atoms with Gasteiger partial charge in [-0.15, -0.1) is 11.3 Å². The number of ketones is 1. The van der Waals surface area contributed by atoms with Gasteiger partial charge in [0.05, 0.1) is 0 Å². The van der Waals surface area contributed by atoms with E-state index in [1.807, 2.05) is 11.3 Å². The Morgan fingerprint density at radius 2 is 1.94 bits per heavy atom. The highest BCUT2D eigenvalue weighted by Gasteiger charge is 2.44. The van der Waals surface area contributed by atoms with Gasteiger partial charge in [-0.05, 0) is 49.1 Å². The Morgan fingerprint density at radius 1 is 1.17 bits per heavy atom. The maximum absolute atomic E-state index is 11.7. The average Bonchev–Trinajstić information content (AvgIpc) is 2.92. The zero-order valence-electron chi connectivity index (χ0n) is 10.6. The molecule has 2 saturated heterocycles. The maximum Gasteiger partial charge on any atom is 0.136 e. The van der Waals surface area contributed by atoms with Gasteiger partial charge in [-0.1, -0.05) is 0 Å². The van der Waals surface area contributed by atoms with Crippen molar-refractivity contribution in [1.82, 2.24) is 4.90 Å². The molecule has 18 heavy (non-hydrogen) atoms. The van der Waals surface area contributed by atoms with Gasteiger partial charge in [0.15, 0.2) is 0 Å². The van der Waals surface area contributed by atoms with Gasteiger partial charge in [0.25, 0.3) is 0 Å². The van der Waals surface area contributed by atoms with Crippen molar-refractivity contribution in [2.24, 2.45) is 0 Å². The number of carbonyl (C=O) groups excluding carboxylic acids is 1. The second-order valence-electron chi connectivity index (χ2n) is 5.99. The zero-order valence-corrected chi connectivity index (χ0v) is 11.4. The fourth-order valence-electron chi connectivity index (χ4n) is 4.29. The lowest BCUT2D eigenvalue weighted by Gasteiger charge is -2.42. The van der Waals surface area contributed by atoms with Crippen molar-refractivity contribution < 1.29 is 4.79 Å². The first-order valence-electron chi connectivity index (χ1n) is 7.18. The number of piperidine rings is 1. The van der Waals surface area contributed by atoms with E-state index in [4.69, 9.17) is 0 Å². The fourth-order valence-corrected chi connectivity index (χ4v) is 5.27. The first-order valence-corrected chi connectivity index (χ1v) is 8.06. The van der Waals surface area contributed by atoms with Gasteiger partial charge in [-0.2, -0.15) is 0 Å². The predicted molar refractivity (Wildman–Crippen MR) is 72.9 cm³/mol. The molecule has 4 rings (SSSR count). The lowest BCUT2D eigenvalue weighted by molar-refractivity contribution is -0.124. The first kappa shape index (κ1) is 11.2. The summed E-state index contributed by atoms with van der Waals surface area (Å²) in [7, 11) is 0. The Kier molecular flexibility index (Phi) is 2.59. The summed E-state index contributed by atoms with van der Waals surface area (Å²) in [5.41, 5.74) is 1.58. The SMILES string of the molecule is O=C1CC2CCC(C1)N2C1CCCc2sccc21. The van der Waals surface area contributed by atoms with Crippen LogP contribution < -0.4 is 0 Å². The van der Waals surface area contributed by atoms with E-state index in [0.717, 1.165) is 12.8 Å². The van der Waals surface area contributed by atoms with Crippen molar-refractivity contribution in [1.29, 1.82) is 0 Å². The molecule has 0 spiro atoms. The molecule has 3 heterocycles. The van der Waals surface area contributed by atoms with E-state index in [1.165, 1.54) is 32.1 Å². The molecule has 1 aromatic rings. The Bertz CT molecular complexity index is 465. The molecule has 1 aliphatic carbocycles. The Balaban J connectivity index is 1.68. The van der Waals surface area contributed by atoms with Crippen LogP contribution in [0.25, 0.3) is 0 Å². The number of rotatable bonds is 1. The van der Waals surface area contributed by atoms with E-state index >= 15 is 0 Å². The number of carbonyl (C=O) groups is 1. The molecule has 0 aromatic carbocycles. The minimum atomic E-state index is 0.500. The fraction of sp³-hybridized carbons (Fsp3) is 0.667. The van der Waals surface area contributed by atoms with Crippen LogP contribution >= 0.6 is 11.3 Å². The third-order valence-electron chi connectivity index (χ3n) is 4.98. The number of Topliss-reactive ketones (excluding diaryl/α,β-unsaturated/α-hetero) is 1. The van der Waals surface area contributed by atoms with Crippen molar-refractivity contribution in [2.45, 2.75) is 63.1 Å². The van der Waals surface area contributed by atoms with Crippen LogP contribution in [0, 0.1) is 0 Å². The lowest BCUT2D eigenvalue weighted by Crippen LogP contribution is -2.45. The van der Waals surface area contributed by atoms with Crippen LogP contribution in [0.4, 0.5) is 0 Å². The molecule has 3 aliphatic rings. The monoisotopic (exact) mass is 261 g/mol. The summed E-state index contributed by atoms with van der Waals surface area (Å²) in [6, 6.07) is 4.05. The van der Waals surface area contributed by atoms with Gasteiger partial charge >= 0.3 is 0 Å². The van der Waals surface area contributed by atoms with E-state index in [0.29, 0.717) is 23.9 Å². The van der Waals surface area contributed by atoms with Crippen molar-refractivity contribution >= 4 is 17.1 Å². The van der Waals surface area contributed by atoms with Crippen LogP contribution in [0.2, 0.25) is 0 Å². The van der Waals surface area contributed by atoms with Gasteiger partial charge in [0.2, 0.25) is 0 Å². The minimum Gasteiger partial charge on any atom is -0.300 e. The molecule has 2 bridgehead atoms. The highest BCUT2D eigenvalue weighted by Crippen LogP contribution is 2.45. The quantitative estimate of drug-likeness (QED) is 0.773. The van der Waals surface area contributed by atoms with Crippen LogP contribution in [0.1, 0.15) is 55.0 Å². The topological polar surface area (TPSA) is 20.3 Å². The van der Waals surface area contributed by atoms with Crippen molar-refractivity contribution in [3.05, 3.63) is 21.9 Å². The number of nitrogens with zero attached hydrogens (tertiary/aromatic N) is 1. The summed E-state index contributed by atoms with van der Waals surface area (Å²) >= 11 is 1.92. The summed E-state index contributed by atoms with van der Waals surface area (Å²) in [6.07, 6.45) is 8.00. The number of aryl methyl sites for hydroxylation is 1. The summed E-state index contributed by atoms with van der Waals surface area (Å²) in [5, 5.41) is 2.25. The molecule has 96 valence electrons. The van der Waals surface area contributed by atoms with Crippen LogP contribution in [-0.2, 0) is 11.2 Å². The number of thiophene rings is 1. The second kappa shape index (κ2) is 4.17. The molecule has 0 saturated carbocycles. The molecule has 3 unspecified atom stereocenters. The molecule has 1 aromatic heterocycles. The van der Waals surface area contributed by atoms with E-state index < -0.39 is 0 Å². The molecule has 2 fully saturated rings. The van der Waals surface area contributed by atoms with E-state index in [2.05, 4.69) is 16.3 Å². The standard InChI is InChI=1S/C15H19NOS/c17-12-8-10-4-5-11(9-12)16(10)14-2-1-3-15-13(14)6-7-18-15/h6-7,10-11,14H,1-5,8-9H2. The van der Waals surface area contributed by atoms with Crippen molar-refractivity contribution in [2.75, 3.05) is 0 Å². The normalized spacial score (nSPS) is 35.8. The van der Waals surface area contributed by atoms with E-state index in [1.54, 1.807) is 10.4 Å². The zero-order chi connectivity index (χ0) is 12.1. The Labute approximate surface area is 112 Å². The summed E-state index contributed by atoms with van der Waals surface area (Å²) in [6.45, 7) is 0. The van der Waals surface area contributed by atoms with Gasteiger partial charge in [0, 0.05) is 35.8 Å². The molecular formula is C15H19NOS. The van der Waals surface area contributed by atoms with Gasteiger partial charge < -0.3 is 0 Å². The molecule has 3 atom stereocenters. The van der Waals surface area contributed by atoms with Gasteiger partial charge in [0.1, 0.15) is 5.78 Å².